The number of nitrogens with zero attached hydrogens (tertiary/aromatic N) is 2. The van der Waals surface area contributed by atoms with Gasteiger partial charge >= 0.3 is 5.97 Å². The number of fused-ring (bicyclic) bond motifs is 3. The van der Waals surface area contributed by atoms with Gasteiger partial charge in [-0.05, 0) is 13.1 Å². The Morgan fingerprint density at radius 2 is 2.17 bits per heavy atom. The number of piperidine rings is 1. The van der Waals surface area contributed by atoms with Gasteiger partial charge in [-0.1, -0.05) is 0 Å². The minimum absolute atomic E-state index is 0.130. The van der Waals surface area contributed by atoms with Crippen LogP contribution in [0.15, 0.2) is 18.5 Å². The van der Waals surface area contributed by atoms with E-state index in [2.05, 4.69) is 21.9 Å². The van der Waals surface area contributed by atoms with Crippen molar-refractivity contribution in [1.29, 1.82) is 0 Å². The molecule has 0 aromatic carbocycles. The summed E-state index contributed by atoms with van der Waals surface area (Å²) in [7, 11) is 2.09. The van der Waals surface area contributed by atoms with Crippen molar-refractivity contribution >= 4 is 16.9 Å². The predicted octanol–water partition coefficient (Wildman–Crippen LogP) is 1.72. The maximum absolute atomic E-state index is 13.6. The molecule has 0 unspecified atom stereocenters. The molecule has 122 valence electrons. The standard InChI is InChI=1S/C16H18FN3O3/c1-20-9-4-11(5-10(20)8-22-7-9)23-16(21)13-6-19-14-12(13)2-3-18-15(14)17/h2-3,6,9-11,19H,4-5,7-8H2,1H3/t9-,10+,11-. The number of carbonyl (C=O) groups excluding carboxylic acids is 1. The highest BCUT2D eigenvalue weighted by Gasteiger charge is 2.38. The van der Waals surface area contributed by atoms with Gasteiger partial charge in [0.05, 0.1) is 18.8 Å². The summed E-state index contributed by atoms with van der Waals surface area (Å²) >= 11 is 0. The number of nitrogens with one attached hydrogen (secondary N) is 1. The Hall–Kier alpha value is -1.99. The maximum Gasteiger partial charge on any atom is 0.340 e. The highest BCUT2D eigenvalue weighted by Crippen LogP contribution is 2.29. The van der Waals surface area contributed by atoms with Gasteiger partial charge in [-0.3, -0.25) is 4.90 Å². The third kappa shape index (κ3) is 2.49. The van der Waals surface area contributed by atoms with Crippen molar-refractivity contribution < 1.29 is 18.7 Å². The number of esters is 1. The van der Waals surface area contributed by atoms with Gasteiger partial charge in [0.2, 0.25) is 5.95 Å². The summed E-state index contributed by atoms with van der Waals surface area (Å²) in [5.41, 5.74) is 0.578. The highest BCUT2D eigenvalue weighted by atomic mass is 19.1. The van der Waals surface area contributed by atoms with Crippen molar-refractivity contribution in [2.24, 2.45) is 0 Å². The van der Waals surface area contributed by atoms with Gasteiger partial charge in [-0.25, -0.2) is 9.78 Å². The summed E-state index contributed by atoms with van der Waals surface area (Å²) in [5.74, 6) is -1.04. The molecule has 0 spiro atoms. The lowest BCUT2D eigenvalue weighted by Crippen LogP contribution is -2.56. The van der Waals surface area contributed by atoms with Crippen LogP contribution in [0.3, 0.4) is 0 Å². The molecular formula is C16H18FN3O3. The van der Waals surface area contributed by atoms with Crippen molar-refractivity contribution in [1.82, 2.24) is 14.9 Å². The molecule has 4 heterocycles. The molecule has 0 radical (unpaired) electrons. The molecular weight excluding hydrogens is 301 g/mol. The van der Waals surface area contributed by atoms with E-state index in [0.717, 1.165) is 12.8 Å². The van der Waals surface area contributed by atoms with E-state index >= 15 is 0 Å². The zero-order chi connectivity index (χ0) is 16.0. The normalized spacial score (nSPS) is 28.0. The molecule has 2 fully saturated rings. The molecule has 2 bridgehead atoms. The molecule has 23 heavy (non-hydrogen) atoms. The third-order valence-electron chi connectivity index (χ3n) is 4.89. The number of rotatable bonds is 2. The van der Waals surface area contributed by atoms with Gasteiger partial charge in [-0.2, -0.15) is 4.39 Å². The number of aromatic nitrogens is 2. The summed E-state index contributed by atoms with van der Waals surface area (Å²) < 4.78 is 24.9. The average Bonchev–Trinajstić information content (AvgIpc) is 2.94. The first kappa shape index (κ1) is 14.6. The summed E-state index contributed by atoms with van der Waals surface area (Å²) in [6.45, 7) is 1.34. The van der Waals surface area contributed by atoms with E-state index < -0.39 is 11.9 Å². The minimum atomic E-state index is -0.618. The average molecular weight is 319 g/mol. The molecule has 2 aliphatic rings. The van der Waals surface area contributed by atoms with Crippen molar-refractivity contribution in [2.75, 3.05) is 20.3 Å². The second-order valence-corrected chi connectivity index (χ2v) is 6.24. The van der Waals surface area contributed by atoms with Gasteiger partial charge < -0.3 is 14.5 Å². The first-order valence-corrected chi connectivity index (χ1v) is 7.75. The van der Waals surface area contributed by atoms with Crippen LogP contribution in [0.25, 0.3) is 10.9 Å². The predicted molar refractivity (Wildman–Crippen MR) is 80.6 cm³/mol. The Bertz CT molecular complexity index is 733. The van der Waals surface area contributed by atoms with Crippen LogP contribution in [0.4, 0.5) is 4.39 Å². The van der Waals surface area contributed by atoms with Gasteiger partial charge in [0.25, 0.3) is 0 Å². The highest BCUT2D eigenvalue weighted by molar-refractivity contribution is 6.03. The number of morpholine rings is 1. The van der Waals surface area contributed by atoms with Crippen LogP contribution in [0.2, 0.25) is 0 Å². The molecule has 0 aliphatic carbocycles. The lowest BCUT2D eigenvalue weighted by molar-refractivity contribution is -0.0970. The number of pyridine rings is 1. The van der Waals surface area contributed by atoms with E-state index in [1.54, 1.807) is 6.07 Å². The van der Waals surface area contributed by atoms with Crippen molar-refractivity contribution in [3.8, 4) is 0 Å². The van der Waals surface area contributed by atoms with Gasteiger partial charge in [0.1, 0.15) is 11.6 Å². The van der Waals surface area contributed by atoms with Gasteiger partial charge in [-0.15, -0.1) is 0 Å². The monoisotopic (exact) mass is 319 g/mol. The van der Waals surface area contributed by atoms with Crippen LogP contribution in [-0.4, -0.2) is 59.3 Å². The Morgan fingerprint density at radius 3 is 2.91 bits per heavy atom. The number of halogens is 1. The largest absolute Gasteiger partial charge is 0.459 e. The molecule has 2 aromatic rings. The van der Waals surface area contributed by atoms with Crippen LogP contribution in [-0.2, 0) is 9.47 Å². The molecule has 1 N–H and O–H groups in total. The van der Waals surface area contributed by atoms with Gasteiger partial charge in [0.15, 0.2) is 0 Å². The number of ether oxygens (including phenoxy) is 2. The van der Waals surface area contributed by atoms with Crippen LogP contribution in [0.1, 0.15) is 23.2 Å². The zero-order valence-electron chi connectivity index (χ0n) is 12.8. The van der Waals surface area contributed by atoms with E-state index in [1.807, 2.05) is 0 Å². The summed E-state index contributed by atoms with van der Waals surface area (Å²) in [5, 5.41) is 0.499. The Morgan fingerprint density at radius 1 is 1.43 bits per heavy atom. The van der Waals surface area contributed by atoms with Gasteiger partial charge in [0, 0.05) is 42.7 Å². The summed E-state index contributed by atoms with van der Waals surface area (Å²) in [6.07, 6.45) is 4.22. The SMILES string of the molecule is CN1[C@@H]2COC[C@H]1C[C@@H](OC(=O)c1c[nH]c3c(F)nccc13)C2. The first-order valence-electron chi connectivity index (χ1n) is 7.75. The molecule has 6 nitrogen and oxygen atoms in total. The topological polar surface area (TPSA) is 67.5 Å². The van der Waals surface area contributed by atoms with E-state index in [-0.39, 0.29) is 23.7 Å². The Kier molecular flexibility index (Phi) is 3.54. The molecule has 4 rings (SSSR count). The third-order valence-corrected chi connectivity index (χ3v) is 4.89. The van der Waals surface area contributed by atoms with Crippen LogP contribution in [0.5, 0.6) is 0 Å². The Balaban J connectivity index is 1.52. The molecule has 2 aromatic heterocycles. The number of hydrogen-bond donors (Lipinski definition) is 1. The Labute approximate surface area is 132 Å². The van der Waals surface area contributed by atoms with E-state index in [4.69, 9.17) is 9.47 Å². The first-order chi connectivity index (χ1) is 11.1. The summed E-state index contributed by atoms with van der Waals surface area (Å²) in [4.78, 5) is 21.1. The second-order valence-electron chi connectivity index (χ2n) is 6.24. The van der Waals surface area contributed by atoms with Crippen molar-refractivity contribution in [3.05, 3.63) is 30.0 Å². The lowest BCUT2D eigenvalue weighted by atomic mass is 9.92. The number of H-pyrrole nitrogens is 1. The zero-order valence-corrected chi connectivity index (χ0v) is 12.8. The smallest absolute Gasteiger partial charge is 0.340 e. The van der Waals surface area contributed by atoms with Crippen LogP contribution < -0.4 is 0 Å². The molecule has 3 atom stereocenters. The van der Waals surface area contributed by atoms with Crippen LogP contribution >= 0.6 is 0 Å². The maximum atomic E-state index is 13.6. The number of carbonyl (C=O) groups is 1. The fourth-order valence-electron chi connectivity index (χ4n) is 3.55. The van der Waals surface area contributed by atoms with E-state index in [0.29, 0.717) is 24.2 Å². The van der Waals surface area contributed by atoms with Crippen LogP contribution in [0, 0.1) is 5.95 Å². The number of likely N-dealkylation sites (N-methyl/N-ethyl adjacent to an activating group) is 1. The summed E-state index contributed by atoms with van der Waals surface area (Å²) in [6, 6.07) is 2.18. The number of hydrogen-bond acceptors (Lipinski definition) is 5. The minimum Gasteiger partial charge on any atom is -0.459 e. The van der Waals surface area contributed by atoms with E-state index in [1.165, 1.54) is 12.4 Å². The quantitative estimate of drug-likeness (QED) is 0.674. The lowest BCUT2D eigenvalue weighted by Gasteiger charge is -2.46. The molecule has 0 amide bonds. The molecule has 2 aliphatic heterocycles. The fraction of sp³-hybridized carbons (Fsp3) is 0.500. The molecule has 7 heteroatoms. The van der Waals surface area contributed by atoms with E-state index in [9.17, 15) is 9.18 Å². The molecule has 0 saturated carbocycles. The van der Waals surface area contributed by atoms with Crippen molar-refractivity contribution in [3.63, 3.8) is 0 Å². The van der Waals surface area contributed by atoms with Crippen molar-refractivity contribution in [2.45, 2.75) is 31.0 Å². The fourth-order valence-corrected chi connectivity index (χ4v) is 3.55. The molecule has 2 saturated heterocycles. The second kappa shape index (κ2) is 5.58. The number of aromatic amines is 1.